The van der Waals surface area contributed by atoms with E-state index in [1.807, 2.05) is 29.9 Å². The van der Waals surface area contributed by atoms with Crippen LogP contribution in [0.1, 0.15) is 5.56 Å². The van der Waals surface area contributed by atoms with E-state index >= 15 is 0 Å². The summed E-state index contributed by atoms with van der Waals surface area (Å²) in [4.78, 5) is 0. The Morgan fingerprint density at radius 3 is 2.61 bits per heavy atom. The lowest BCUT2D eigenvalue weighted by Gasteiger charge is -1.99. The summed E-state index contributed by atoms with van der Waals surface area (Å²) >= 11 is 0. The molecule has 0 aliphatic heterocycles. The van der Waals surface area contributed by atoms with E-state index in [2.05, 4.69) is 35.4 Å². The van der Waals surface area contributed by atoms with Crippen LogP contribution in [0, 0.1) is 0 Å². The van der Waals surface area contributed by atoms with Crippen molar-refractivity contribution in [1.29, 1.82) is 0 Å². The Morgan fingerprint density at radius 2 is 1.89 bits per heavy atom. The highest BCUT2D eigenvalue weighted by molar-refractivity contribution is 5.93. The molecule has 3 rings (SSSR count). The first-order valence-electron chi connectivity index (χ1n) is 6.00. The average molecular weight is 237 g/mol. The first-order chi connectivity index (χ1) is 8.79. The Kier molecular flexibility index (Phi) is 2.61. The molecule has 2 aromatic carbocycles. The molecule has 18 heavy (non-hydrogen) atoms. The van der Waals surface area contributed by atoms with Gasteiger partial charge in [0.15, 0.2) is 0 Å². The summed E-state index contributed by atoms with van der Waals surface area (Å²) < 4.78 is 1.91. The molecular formula is C15H15N3. The van der Waals surface area contributed by atoms with E-state index in [0.29, 0.717) is 6.54 Å². The lowest BCUT2D eigenvalue weighted by atomic mass is 10.1. The van der Waals surface area contributed by atoms with Crippen molar-refractivity contribution in [2.24, 2.45) is 12.8 Å². The number of rotatable bonds is 2. The molecule has 3 heteroatoms. The molecule has 0 spiro atoms. The Balaban J connectivity index is 2.26. The molecule has 1 heterocycles. The molecule has 0 saturated heterocycles. The summed E-state index contributed by atoms with van der Waals surface area (Å²) in [6, 6.07) is 16.5. The van der Waals surface area contributed by atoms with Gasteiger partial charge in [0, 0.05) is 24.5 Å². The number of hydrogen-bond acceptors (Lipinski definition) is 2. The quantitative estimate of drug-likeness (QED) is 0.744. The zero-order valence-corrected chi connectivity index (χ0v) is 10.3. The summed E-state index contributed by atoms with van der Waals surface area (Å²) in [5.74, 6) is 0. The van der Waals surface area contributed by atoms with Crippen molar-refractivity contribution in [1.82, 2.24) is 9.78 Å². The predicted molar refractivity (Wildman–Crippen MR) is 74.0 cm³/mol. The van der Waals surface area contributed by atoms with E-state index in [9.17, 15) is 0 Å². The van der Waals surface area contributed by atoms with Gasteiger partial charge in [-0.2, -0.15) is 5.10 Å². The largest absolute Gasteiger partial charge is 0.326 e. The molecule has 1 aromatic heterocycles. The van der Waals surface area contributed by atoms with Crippen LogP contribution in [0.4, 0.5) is 0 Å². The average Bonchev–Trinajstić information content (AvgIpc) is 2.77. The Hall–Kier alpha value is -2.13. The van der Waals surface area contributed by atoms with Crippen LogP contribution in [0.2, 0.25) is 0 Å². The van der Waals surface area contributed by atoms with Gasteiger partial charge in [0.25, 0.3) is 0 Å². The van der Waals surface area contributed by atoms with E-state index in [0.717, 1.165) is 22.3 Å². The molecule has 0 bridgehead atoms. The molecule has 0 atom stereocenters. The molecule has 0 aliphatic rings. The second-order valence-electron chi connectivity index (χ2n) is 4.39. The highest BCUT2D eigenvalue weighted by atomic mass is 15.3. The Morgan fingerprint density at radius 1 is 1.11 bits per heavy atom. The number of nitrogens with zero attached hydrogens (tertiary/aromatic N) is 2. The number of nitrogens with two attached hydrogens (primary N) is 1. The van der Waals surface area contributed by atoms with Crippen LogP contribution in [-0.2, 0) is 13.6 Å². The van der Waals surface area contributed by atoms with Crippen LogP contribution in [0.5, 0.6) is 0 Å². The number of hydrogen-bond donors (Lipinski definition) is 1. The fourth-order valence-electron chi connectivity index (χ4n) is 2.24. The van der Waals surface area contributed by atoms with Crippen LogP contribution < -0.4 is 5.73 Å². The maximum atomic E-state index is 5.68. The number of fused-ring (bicyclic) bond motifs is 1. The summed E-state index contributed by atoms with van der Waals surface area (Å²) in [6.07, 6.45) is 0. The standard InChI is InChI=1S/C15H15N3/c1-18-14-9-11(10-16)7-8-13(14)15(17-18)12-5-3-2-4-6-12/h2-9H,10,16H2,1H3. The van der Waals surface area contributed by atoms with E-state index in [-0.39, 0.29) is 0 Å². The molecule has 0 fully saturated rings. The normalized spacial score (nSPS) is 11.0. The molecule has 0 unspecified atom stereocenters. The van der Waals surface area contributed by atoms with Crippen LogP contribution in [-0.4, -0.2) is 9.78 Å². The zero-order chi connectivity index (χ0) is 12.5. The van der Waals surface area contributed by atoms with E-state index in [1.54, 1.807) is 0 Å². The monoisotopic (exact) mass is 237 g/mol. The van der Waals surface area contributed by atoms with Crippen molar-refractivity contribution in [3.63, 3.8) is 0 Å². The highest BCUT2D eigenvalue weighted by Crippen LogP contribution is 2.27. The van der Waals surface area contributed by atoms with E-state index in [4.69, 9.17) is 5.73 Å². The van der Waals surface area contributed by atoms with Crippen LogP contribution >= 0.6 is 0 Å². The second-order valence-corrected chi connectivity index (χ2v) is 4.39. The first kappa shape index (κ1) is 11.0. The minimum absolute atomic E-state index is 0.557. The predicted octanol–water partition coefficient (Wildman–Crippen LogP) is 2.70. The molecule has 3 aromatic rings. The van der Waals surface area contributed by atoms with Gasteiger partial charge >= 0.3 is 0 Å². The number of benzene rings is 2. The van der Waals surface area contributed by atoms with E-state index in [1.165, 1.54) is 5.39 Å². The Bertz CT molecular complexity index is 684. The third-order valence-electron chi connectivity index (χ3n) is 3.20. The molecule has 0 amide bonds. The summed E-state index contributed by atoms with van der Waals surface area (Å²) in [6.45, 7) is 0.557. The van der Waals surface area contributed by atoms with Gasteiger partial charge in [-0.3, -0.25) is 4.68 Å². The van der Waals surface area contributed by atoms with E-state index < -0.39 is 0 Å². The third-order valence-corrected chi connectivity index (χ3v) is 3.20. The SMILES string of the molecule is Cn1nc(-c2ccccc2)c2ccc(CN)cc21. The third kappa shape index (κ3) is 1.69. The minimum Gasteiger partial charge on any atom is -0.326 e. The van der Waals surface area contributed by atoms with Gasteiger partial charge < -0.3 is 5.73 Å². The lowest BCUT2D eigenvalue weighted by Crippen LogP contribution is -1.96. The van der Waals surface area contributed by atoms with Crippen molar-refractivity contribution in [2.45, 2.75) is 6.54 Å². The number of aromatic nitrogens is 2. The van der Waals surface area contributed by atoms with Crippen LogP contribution in [0.25, 0.3) is 22.2 Å². The number of aryl methyl sites for hydroxylation is 1. The summed E-state index contributed by atoms with van der Waals surface area (Å²) in [5, 5.41) is 5.78. The molecule has 3 nitrogen and oxygen atoms in total. The van der Waals surface area contributed by atoms with Crippen molar-refractivity contribution in [3.05, 3.63) is 54.1 Å². The Labute approximate surface area is 106 Å². The second kappa shape index (κ2) is 4.27. The topological polar surface area (TPSA) is 43.8 Å². The maximum Gasteiger partial charge on any atom is 0.100 e. The van der Waals surface area contributed by atoms with Crippen molar-refractivity contribution in [2.75, 3.05) is 0 Å². The van der Waals surface area contributed by atoms with Crippen LogP contribution in [0.3, 0.4) is 0 Å². The fourth-order valence-corrected chi connectivity index (χ4v) is 2.24. The zero-order valence-electron chi connectivity index (χ0n) is 10.3. The van der Waals surface area contributed by atoms with Crippen molar-refractivity contribution >= 4 is 10.9 Å². The maximum absolute atomic E-state index is 5.68. The van der Waals surface area contributed by atoms with Gasteiger partial charge in [-0.15, -0.1) is 0 Å². The molecule has 0 radical (unpaired) electrons. The lowest BCUT2D eigenvalue weighted by molar-refractivity contribution is 0.800. The molecule has 0 aliphatic carbocycles. The molecule has 2 N–H and O–H groups in total. The van der Waals surface area contributed by atoms with Gasteiger partial charge in [-0.05, 0) is 11.6 Å². The van der Waals surface area contributed by atoms with Gasteiger partial charge in [-0.1, -0.05) is 42.5 Å². The summed E-state index contributed by atoms with van der Waals surface area (Å²) in [7, 11) is 1.97. The molecular weight excluding hydrogens is 222 g/mol. The minimum atomic E-state index is 0.557. The van der Waals surface area contributed by atoms with Crippen LogP contribution in [0.15, 0.2) is 48.5 Å². The molecule has 90 valence electrons. The highest BCUT2D eigenvalue weighted by Gasteiger charge is 2.10. The van der Waals surface area contributed by atoms with Crippen molar-refractivity contribution < 1.29 is 0 Å². The van der Waals surface area contributed by atoms with Crippen molar-refractivity contribution in [3.8, 4) is 11.3 Å². The van der Waals surface area contributed by atoms with Gasteiger partial charge in [0.05, 0.1) is 5.52 Å². The van der Waals surface area contributed by atoms with Gasteiger partial charge in [-0.25, -0.2) is 0 Å². The van der Waals surface area contributed by atoms with Gasteiger partial charge in [0.1, 0.15) is 5.69 Å². The van der Waals surface area contributed by atoms with Gasteiger partial charge in [0.2, 0.25) is 0 Å². The fraction of sp³-hybridized carbons (Fsp3) is 0.133. The summed E-state index contributed by atoms with van der Waals surface area (Å²) in [5.41, 5.74) is 10.1. The molecule has 0 saturated carbocycles. The smallest absolute Gasteiger partial charge is 0.100 e. The first-order valence-corrected chi connectivity index (χ1v) is 6.00.